The molecule has 25 heavy (non-hydrogen) atoms. The Kier molecular flexibility index (Phi) is 7.53. The summed E-state index contributed by atoms with van der Waals surface area (Å²) in [6, 6.07) is 0. The van der Waals surface area contributed by atoms with Crippen LogP contribution in [-0.4, -0.2) is 22.4 Å². The summed E-state index contributed by atoms with van der Waals surface area (Å²) < 4.78 is 79.8. The van der Waals surface area contributed by atoms with E-state index in [-0.39, 0.29) is 5.02 Å². The van der Waals surface area contributed by atoms with Crippen LogP contribution in [0.15, 0.2) is 36.2 Å². The number of rotatable bonds is 8. The van der Waals surface area contributed by atoms with Crippen LogP contribution >= 0.6 is 11.6 Å². The topological polar surface area (TPSA) is 44.1 Å². The SMILES string of the molecule is CC(CCC(F)=C(F)F)(C(=O)OCCC(F)=C(F)F)n1cc(Cl)cn1. The van der Waals surface area contributed by atoms with E-state index in [1.807, 2.05) is 0 Å². The summed E-state index contributed by atoms with van der Waals surface area (Å²) >= 11 is 5.69. The minimum atomic E-state index is -2.54. The second kappa shape index (κ2) is 8.93. The van der Waals surface area contributed by atoms with Gasteiger partial charge in [-0.1, -0.05) is 11.6 Å². The third kappa shape index (κ3) is 5.80. The van der Waals surface area contributed by atoms with Crippen molar-refractivity contribution >= 4 is 17.6 Å². The lowest BCUT2D eigenvalue weighted by atomic mass is 9.95. The Hall–Kier alpha value is -1.97. The van der Waals surface area contributed by atoms with E-state index in [1.165, 1.54) is 13.1 Å². The van der Waals surface area contributed by atoms with Crippen LogP contribution in [0.5, 0.6) is 0 Å². The van der Waals surface area contributed by atoms with Crippen molar-refractivity contribution in [1.29, 1.82) is 0 Å². The van der Waals surface area contributed by atoms with Crippen molar-refractivity contribution in [2.45, 2.75) is 31.7 Å². The quantitative estimate of drug-likeness (QED) is 0.457. The average Bonchev–Trinajstić information content (AvgIpc) is 2.98. The highest BCUT2D eigenvalue weighted by Crippen LogP contribution is 2.29. The van der Waals surface area contributed by atoms with E-state index in [4.69, 9.17) is 16.3 Å². The van der Waals surface area contributed by atoms with E-state index in [0.29, 0.717) is 0 Å². The predicted molar refractivity (Wildman–Crippen MR) is 76.4 cm³/mol. The van der Waals surface area contributed by atoms with Gasteiger partial charge >= 0.3 is 18.1 Å². The minimum absolute atomic E-state index is 0.111. The van der Waals surface area contributed by atoms with Gasteiger partial charge < -0.3 is 4.74 Å². The lowest BCUT2D eigenvalue weighted by Gasteiger charge is -2.27. The van der Waals surface area contributed by atoms with Gasteiger partial charge in [-0.05, 0) is 13.3 Å². The molecule has 1 unspecified atom stereocenters. The molecule has 1 aromatic heterocycles. The molecule has 0 N–H and O–H groups in total. The molecule has 1 atom stereocenters. The average molecular weight is 391 g/mol. The van der Waals surface area contributed by atoms with Crippen molar-refractivity contribution in [3.05, 3.63) is 41.2 Å². The van der Waals surface area contributed by atoms with Gasteiger partial charge in [-0.3, -0.25) is 4.68 Å². The summed E-state index contributed by atoms with van der Waals surface area (Å²) in [5, 5.41) is 3.87. The van der Waals surface area contributed by atoms with Crippen molar-refractivity contribution in [1.82, 2.24) is 9.78 Å². The summed E-state index contributed by atoms with van der Waals surface area (Å²) in [7, 11) is 0. The summed E-state index contributed by atoms with van der Waals surface area (Å²) in [6.07, 6.45) is -4.89. The van der Waals surface area contributed by atoms with Crippen molar-refractivity contribution in [2.24, 2.45) is 0 Å². The van der Waals surface area contributed by atoms with Gasteiger partial charge in [0.2, 0.25) is 0 Å². The maximum atomic E-state index is 13.1. The number of aromatic nitrogens is 2. The molecule has 11 heteroatoms. The second-order valence-electron chi connectivity index (χ2n) is 5.09. The first-order chi connectivity index (χ1) is 11.6. The van der Waals surface area contributed by atoms with Gasteiger partial charge in [-0.15, -0.1) is 0 Å². The summed E-state index contributed by atoms with van der Waals surface area (Å²) in [6.45, 7) is 0.492. The first-order valence-corrected chi connectivity index (χ1v) is 7.23. The molecule has 0 aromatic carbocycles. The number of carbonyl (C=O) groups is 1. The number of ether oxygens (including phenoxy) is 1. The molecular formula is C14H13ClF6N2O2. The molecule has 1 heterocycles. The fourth-order valence-electron chi connectivity index (χ4n) is 1.81. The Morgan fingerprint density at radius 1 is 1.16 bits per heavy atom. The van der Waals surface area contributed by atoms with E-state index in [1.54, 1.807) is 0 Å². The van der Waals surface area contributed by atoms with Crippen LogP contribution in [0.1, 0.15) is 26.2 Å². The van der Waals surface area contributed by atoms with Crippen LogP contribution in [0.2, 0.25) is 5.02 Å². The van der Waals surface area contributed by atoms with Gasteiger partial charge in [-0.2, -0.15) is 22.7 Å². The van der Waals surface area contributed by atoms with Crippen LogP contribution in [-0.2, 0) is 15.1 Å². The number of halogens is 7. The van der Waals surface area contributed by atoms with Gasteiger partial charge in [-0.25, -0.2) is 13.6 Å². The largest absolute Gasteiger partial charge is 0.463 e. The molecule has 0 amide bonds. The van der Waals surface area contributed by atoms with Crippen LogP contribution in [0.4, 0.5) is 26.3 Å². The summed E-state index contributed by atoms with van der Waals surface area (Å²) in [5.74, 6) is -4.55. The summed E-state index contributed by atoms with van der Waals surface area (Å²) in [4.78, 5) is 12.2. The Morgan fingerprint density at radius 3 is 2.20 bits per heavy atom. The van der Waals surface area contributed by atoms with Gasteiger partial charge in [0, 0.05) is 19.0 Å². The first kappa shape index (κ1) is 21.1. The molecule has 0 spiro atoms. The van der Waals surface area contributed by atoms with E-state index in [0.717, 1.165) is 10.9 Å². The third-order valence-electron chi connectivity index (χ3n) is 3.29. The maximum Gasteiger partial charge on any atom is 0.333 e. The summed E-state index contributed by atoms with van der Waals surface area (Å²) in [5.41, 5.74) is -1.76. The second-order valence-corrected chi connectivity index (χ2v) is 5.53. The number of nitrogens with zero attached hydrogens (tertiary/aromatic N) is 2. The highest BCUT2D eigenvalue weighted by molar-refractivity contribution is 6.30. The van der Waals surface area contributed by atoms with Crippen molar-refractivity contribution in [2.75, 3.05) is 6.61 Å². The zero-order valence-corrected chi connectivity index (χ0v) is 13.6. The Bertz CT molecular complexity index is 683. The standard InChI is InChI=1S/C14H13ClF6N2O2/c1-14(4-2-9(16)11(18)19,23-7-8(15)6-22-23)13(24)25-5-3-10(17)12(20)21/h6-7H,2-5H2,1H3. The first-order valence-electron chi connectivity index (χ1n) is 6.85. The molecule has 0 aliphatic rings. The van der Waals surface area contributed by atoms with Gasteiger partial charge in [0.15, 0.2) is 17.2 Å². The van der Waals surface area contributed by atoms with E-state index >= 15 is 0 Å². The smallest absolute Gasteiger partial charge is 0.333 e. The van der Waals surface area contributed by atoms with Crippen LogP contribution in [0.3, 0.4) is 0 Å². The fraction of sp³-hybridized carbons (Fsp3) is 0.429. The number of hydrogen-bond donors (Lipinski definition) is 0. The van der Waals surface area contributed by atoms with Crippen LogP contribution < -0.4 is 0 Å². The van der Waals surface area contributed by atoms with Gasteiger partial charge in [0.25, 0.3) is 0 Å². The molecule has 0 saturated heterocycles. The normalized spacial score (nSPS) is 13.1. The highest BCUT2D eigenvalue weighted by Gasteiger charge is 2.38. The zero-order chi connectivity index (χ0) is 19.2. The number of esters is 1. The molecule has 0 saturated carbocycles. The number of carbonyl (C=O) groups excluding carboxylic acids is 1. The third-order valence-corrected chi connectivity index (χ3v) is 3.49. The van der Waals surface area contributed by atoms with Crippen LogP contribution in [0, 0.1) is 0 Å². The molecule has 0 bridgehead atoms. The zero-order valence-electron chi connectivity index (χ0n) is 12.8. The molecule has 0 fully saturated rings. The minimum Gasteiger partial charge on any atom is -0.463 e. The Balaban J connectivity index is 2.92. The molecule has 0 radical (unpaired) electrons. The Labute approximate surface area is 143 Å². The van der Waals surface area contributed by atoms with Gasteiger partial charge in [0.1, 0.15) is 0 Å². The van der Waals surface area contributed by atoms with E-state index in [2.05, 4.69) is 5.10 Å². The molecular weight excluding hydrogens is 378 g/mol. The molecule has 4 nitrogen and oxygen atoms in total. The fourth-order valence-corrected chi connectivity index (χ4v) is 1.95. The van der Waals surface area contributed by atoms with Crippen molar-refractivity contribution in [3.63, 3.8) is 0 Å². The molecule has 140 valence electrons. The monoisotopic (exact) mass is 390 g/mol. The lowest BCUT2D eigenvalue weighted by Crippen LogP contribution is -2.41. The maximum absolute atomic E-state index is 13.1. The number of hydrogen-bond acceptors (Lipinski definition) is 3. The molecule has 0 aliphatic heterocycles. The van der Waals surface area contributed by atoms with E-state index < -0.39 is 61.2 Å². The Morgan fingerprint density at radius 2 is 1.72 bits per heavy atom. The highest BCUT2D eigenvalue weighted by atomic mass is 35.5. The van der Waals surface area contributed by atoms with Gasteiger partial charge in [0.05, 0.1) is 17.8 Å². The molecule has 1 rings (SSSR count). The predicted octanol–water partition coefficient (Wildman–Crippen LogP) is 5.12. The van der Waals surface area contributed by atoms with E-state index in [9.17, 15) is 31.1 Å². The van der Waals surface area contributed by atoms with Crippen molar-refractivity contribution < 1.29 is 35.9 Å². The molecule has 0 aliphatic carbocycles. The lowest BCUT2D eigenvalue weighted by molar-refractivity contribution is -0.154. The number of allylic oxidation sites excluding steroid dienone is 1. The van der Waals surface area contributed by atoms with Crippen molar-refractivity contribution in [3.8, 4) is 0 Å². The molecule has 1 aromatic rings. The van der Waals surface area contributed by atoms with Crippen LogP contribution in [0.25, 0.3) is 0 Å².